The third kappa shape index (κ3) is 2.46. The van der Waals surface area contributed by atoms with Gasteiger partial charge in [0.15, 0.2) is 0 Å². The molecule has 7 heteroatoms. The highest BCUT2D eigenvalue weighted by Crippen LogP contribution is 2.18. The molecule has 0 saturated heterocycles. The highest BCUT2D eigenvalue weighted by Gasteiger charge is 2.15. The number of fused-ring (bicyclic) bond motifs is 1. The van der Waals surface area contributed by atoms with Crippen LogP contribution in [0, 0.1) is 31.0 Å². The minimum absolute atomic E-state index is 0.0905. The van der Waals surface area contributed by atoms with Crippen LogP contribution in [0.5, 0.6) is 0 Å². The van der Waals surface area contributed by atoms with Crippen molar-refractivity contribution in [2.75, 3.05) is 0 Å². The Labute approximate surface area is 137 Å². The summed E-state index contributed by atoms with van der Waals surface area (Å²) in [6.07, 6.45) is 0. The zero-order chi connectivity index (χ0) is 17.4. The average Bonchev–Trinajstić information content (AvgIpc) is 2.89. The van der Waals surface area contributed by atoms with Gasteiger partial charge in [0.25, 0.3) is 5.56 Å². The molecule has 0 aliphatic heterocycles. The summed E-state index contributed by atoms with van der Waals surface area (Å²) >= 11 is 0. The fraction of sp³-hybridized carbons (Fsp3) is 0.294. The zero-order valence-electron chi connectivity index (χ0n) is 13.7. The Morgan fingerprint density at radius 1 is 1.33 bits per heavy atom. The first-order chi connectivity index (χ1) is 11.5. The van der Waals surface area contributed by atoms with Gasteiger partial charge in [-0.15, -0.1) is 0 Å². The van der Waals surface area contributed by atoms with Gasteiger partial charge in [0.05, 0.1) is 16.7 Å². The van der Waals surface area contributed by atoms with Crippen LogP contribution in [0.4, 0.5) is 4.39 Å². The Balaban J connectivity index is 2.16. The molecule has 0 aliphatic carbocycles. The van der Waals surface area contributed by atoms with Crippen LogP contribution < -0.4 is 5.56 Å². The Hall–Kier alpha value is -3.01. The molecule has 24 heavy (non-hydrogen) atoms. The van der Waals surface area contributed by atoms with Gasteiger partial charge < -0.3 is 4.57 Å². The highest BCUT2D eigenvalue weighted by atomic mass is 19.1. The Kier molecular flexibility index (Phi) is 3.89. The first-order valence-corrected chi connectivity index (χ1v) is 7.59. The Bertz CT molecular complexity index is 1040. The van der Waals surface area contributed by atoms with Crippen molar-refractivity contribution >= 4 is 11.0 Å². The van der Waals surface area contributed by atoms with Gasteiger partial charge in [-0.2, -0.15) is 10.4 Å². The second-order valence-electron chi connectivity index (χ2n) is 5.57. The fourth-order valence-corrected chi connectivity index (χ4v) is 2.77. The van der Waals surface area contributed by atoms with Gasteiger partial charge in [0, 0.05) is 12.6 Å². The summed E-state index contributed by atoms with van der Waals surface area (Å²) in [5.41, 5.74) is 2.19. The molecule has 0 amide bonds. The number of halogens is 1. The lowest BCUT2D eigenvalue weighted by Gasteiger charge is -2.10. The lowest BCUT2D eigenvalue weighted by Crippen LogP contribution is -2.29. The van der Waals surface area contributed by atoms with Crippen LogP contribution in [-0.2, 0) is 13.1 Å². The minimum atomic E-state index is -0.443. The Morgan fingerprint density at radius 3 is 2.75 bits per heavy atom. The number of rotatable bonds is 3. The molecule has 0 atom stereocenters. The van der Waals surface area contributed by atoms with E-state index in [1.54, 1.807) is 19.9 Å². The largest absolute Gasteiger partial charge is 0.327 e. The first-order valence-electron chi connectivity index (χ1n) is 7.59. The second-order valence-corrected chi connectivity index (χ2v) is 5.57. The van der Waals surface area contributed by atoms with Gasteiger partial charge in [-0.25, -0.2) is 14.1 Å². The summed E-state index contributed by atoms with van der Waals surface area (Å²) in [4.78, 5) is 16.9. The van der Waals surface area contributed by atoms with Gasteiger partial charge in [-0.3, -0.25) is 4.79 Å². The molecular formula is C17H16FN5O. The van der Waals surface area contributed by atoms with E-state index < -0.39 is 5.56 Å². The average molecular weight is 325 g/mol. The SMILES string of the molecule is CCn1c(Cn2nc(C)c(C)c(C#N)c2=O)nc2cc(F)ccc21. The number of benzene rings is 1. The topological polar surface area (TPSA) is 76.5 Å². The smallest absolute Gasteiger partial charge is 0.285 e. The molecule has 0 aliphatic rings. The van der Waals surface area contributed by atoms with Crippen LogP contribution in [0.1, 0.15) is 29.6 Å². The molecule has 3 rings (SSSR count). The van der Waals surface area contributed by atoms with Crippen LogP contribution in [0.25, 0.3) is 11.0 Å². The van der Waals surface area contributed by atoms with E-state index >= 15 is 0 Å². The molecular weight excluding hydrogens is 309 g/mol. The number of nitriles is 1. The van der Waals surface area contributed by atoms with E-state index in [0.717, 1.165) is 5.52 Å². The van der Waals surface area contributed by atoms with Crippen molar-refractivity contribution in [2.24, 2.45) is 0 Å². The van der Waals surface area contributed by atoms with Gasteiger partial charge >= 0.3 is 0 Å². The van der Waals surface area contributed by atoms with Crippen molar-refractivity contribution in [1.29, 1.82) is 5.26 Å². The summed E-state index contributed by atoms with van der Waals surface area (Å²) in [5.74, 6) is 0.239. The molecule has 0 radical (unpaired) electrons. The van der Waals surface area contributed by atoms with Crippen LogP contribution in [0.2, 0.25) is 0 Å². The number of imidazole rings is 1. The normalized spacial score (nSPS) is 11.0. The van der Waals surface area contributed by atoms with Gasteiger partial charge in [0.2, 0.25) is 0 Å². The Morgan fingerprint density at radius 2 is 2.08 bits per heavy atom. The molecule has 0 N–H and O–H groups in total. The number of hydrogen-bond donors (Lipinski definition) is 0. The number of hydrogen-bond acceptors (Lipinski definition) is 4. The zero-order valence-corrected chi connectivity index (χ0v) is 13.7. The summed E-state index contributed by atoms with van der Waals surface area (Å²) in [6.45, 7) is 6.16. The van der Waals surface area contributed by atoms with Crippen LogP contribution in [-0.4, -0.2) is 19.3 Å². The van der Waals surface area contributed by atoms with Gasteiger partial charge in [-0.1, -0.05) is 0 Å². The highest BCUT2D eigenvalue weighted by molar-refractivity contribution is 5.76. The molecule has 6 nitrogen and oxygen atoms in total. The van der Waals surface area contributed by atoms with Crippen LogP contribution in [0.3, 0.4) is 0 Å². The van der Waals surface area contributed by atoms with Crippen LogP contribution in [0.15, 0.2) is 23.0 Å². The molecule has 2 aromatic heterocycles. The van der Waals surface area contributed by atoms with E-state index in [2.05, 4.69) is 10.1 Å². The summed E-state index contributed by atoms with van der Waals surface area (Å²) < 4.78 is 16.6. The number of aromatic nitrogens is 4. The molecule has 0 spiro atoms. The van der Waals surface area contributed by atoms with E-state index in [1.807, 2.05) is 17.6 Å². The van der Waals surface area contributed by atoms with Crippen molar-refractivity contribution in [2.45, 2.75) is 33.9 Å². The number of nitrogens with zero attached hydrogens (tertiary/aromatic N) is 5. The minimum Gasteiger partial charge on any atom is -0.327 e. The molecule has 0 saturated carbocycles. The fourth-order valence-electron chi connectivity index (χ4n) is 2.77. The van der Waals surface area contributed by atoms with Crippen LogP contribution >= 0.6 is 0 Å². The molecule has 0 fully saturated rings. The van der Waals surface area contributed by atoms with E-state index in [-0.39, 0.29) is 17.9 Å². The molecule has 122 valence electrons. The third-order valence-corrected chi connectivity index (χ3v) is 4.15. The van der Waals surface area contributed by atoms with E-state index in [4.69, 9.17) is 0 Å². The van der Waals surface area contributed by atoms with Crippen molar-refractivity contribution in [3.63, 3.8) is 0 Å². The summed E-state index contributed by atoms with van der Waals surface area (Å²) in [5, 5.41) is 13.5. The summed E-state index contributed by atoms with van der Waals surface area (Å²) in [6, 6.07) is 6.36. The first kappa shape index (κ1) is 15.9. The summed E-state index contributed by atoms with van der Waals surface area (Å²) in [7, 11) is 0. The predicted octanol–water partition coefficient (Wildman–Crippen LogP) is 2.29. The lowest BCUT2D eigenvalue weighted by atomic mass is 10.1. The molecule has 3 aromatic rings. The lowest BCUT2D eigenvalue weighted by molar-refractivity contribution is 0.575. The maximum atomic E-state index is 13.4. The molecule has 2 heterocycles. The monoisotopic (exact) mass is 325 g/mol. The van der Waals surface area contributed by atoms with E-state index in [9.17, 15) is 14.4 Å². The van der Waals surface area contributed by atoms with Crippen molar-refractivity contribution in [1.82, 2.24) is 19.3 Å². The van der Waals surface area contributed by atoms with E-state index in [0.29, 0.717) is 29.1 Å². The van der Waals surface area contributed by atoms with E-state index in [1.165, 1.54) is 16.8 Å². The molecule has 1 aromatic carbocycles. The molecule has 0 bridgehead atoms. The standard InChI is InChI=1S/C17H16FN5O/c1-4-22-15-6-5-12(18)7-14(15)20-16(22)9-23-17(24)13(8-19)10(2)11(3)21-23/h5-7H,4,9H2,1-3H3. The maximum absolute atomic E-state index is 13.4. The number of aryl methyl sites for hydroxylation is 2. The van der Waals surface area contributed by atoms with Crippen molar-refractivity contribution < 1.29 is 4.39 Å². The van der Waals surface area contributed by atoms with Crippen molar-refractivity contribution in [3.8, 4) is 6.07 Å². The maximum Gasteiger partial charge on any atom is 0.285 e. The molecule has 0 unspecified atom stereocenters. The third-order valence-electron chi connectivity index (χ3n) is 4.15. The van der Waals surface area contributed by atoms with Crippen molar-refractivity contribution in [3.05, 3.63) is 57.0 Å². The second kappa shape index (κ2) is 5.89. The van der Waals surface area contributed by atoms with Gasteiger partial charge in [-0.05, 0) is 38.5 Å². The predicted molar refractivity (Wildman–Crippen MR) is 87.2 cm³/mol. The van der Waals surface area contributed by atoms with Gasteiger partial charge in [0.1, 0.15) is 29.8 Å². The quantitative estimate of drug-likeness (QED) is 0.740.